The predicted molar refractivity (Wildman–Crippen MR) is 133 cm³/mol. The Morgan fingerprint density at radius 1 is 1.18 bits per heavy atom. The summed E-state index contributed by atoms with van der Waals surface area (Å²) in [5, 5.41) is 9.52. The molecular formula is C26H30N4O2S. The van der Waals surface area contributed by atoms with Crippen molar-refractivity contribution in [3.63, 3.8) is 0 Å². The van der Waals surface area contributed by atoms with Gasteiger partial charge >= 0.3 is 0 Å². The molecule has 2 aromatic carbocycles. The van der Waals surface area contributed by atoms with Gasteiger partial charge in [0.25, 0.3) is 0 Å². The zero-order chi connectivity index (χ0) is 23.5. The first kappa shape index (κ1) is 23.2. The molecule has 0 radical (unpaired) electrons. The Bertz CT molecular complexity index is 1160. The molecule has 1 aliphatic rings. The first-order valence-electron chi connectivity index (χ1n) is 11.4. The second-order valence-corrected chi connectivity index (χ2v) is 9.76. The summed E-state index contributed by atoms with van der Waals surface area (Å²) in [6, 6.07) is 14.1. The number of carbonyl (C=O) groups is 1. The first-order valence-corrected chi connectivity index (χ1v) is 12.4. The second-order valence-electron chi connectivity index (χ2n) is 8.70. The quantitative estimate of drug-likeness (QED) is 0.419. The minimum Gasteiger partial charge on any atom is -0.447 e. The second kappa shape index (κ2) is 9.91. The molecule has 172 valence electrons. The van der Waals surface area contributed by atoms with Gasteiger partial charge in [0.1, 0.15) is 0 Å². The third-order valence-corrected chi connectivity index (χ3v) is 6.67. The van der Waals surface area contributed by atoms with Crippen LogP contribution in [0.1, 0.15) is 57.0 Å². The fourth-order valence-corrected chi connectivity index (χ4v) is 4.90. The van der Waals surface area contributed by atoms with E-state index in [9.17, 15) is 4.79 Å². The Hall–Kier alpha value is -2.93. The van der Waals surface area contributed by atoms with Crippen molar-refractivity contribution < 1.29 is 9.53 Å². The summed E-state index contributed by atoms with van der Waals surface area (Å²) in [5.41, 5.74) is 5.24. The van der Waals surface area contributed by atoms with Crippen LogP contribution in [-0.4, -0.2) is 26.8 Å². The molecule has 33 heavy (non-hydrogen) atoms. The van der Waals surface area contributed by atoms with Crippen molar-refractivity contribution in [1.82, 2.24) is 15.2 Å². The van der Waals surface area contributed by atoms with Gasteiger partial charge in [-0.25, -0.2) is 0 Å². The van der Waals surface area contributed by atoms with Crippen molar-refractivity contribution in [2.45, 2.75) is 58.8 Å². The Balaban J connectivity index is 1.87. The number of carbonyl (C=O) groups excluding carboxylic acids is 1. The van der Waals surface area contributed by atoms with Crippen LogP contribution in [0.25, 0.3) is 11.3 Å². The van der Waals surface area contributed by atoms with Crippen molar-refractivity contribution in [3.05, 3.63) is 59.2 Å². The number of aromatic nitrogens is 3. The third kappa shape index (κ3) is 4.88. The van der Waals surface area contributed by atoms with Crippen LogP contribution in [0.5, 0.6) is 5.88 Å². The van der Waals surface area contributed by atoms with Crippen LogP contribution in [0.4, 0.5) is 5.69 Å². The van der Waals surface area contributed by atoms with Gasteiger partial charge in [0.2, 0.25) is 23.2 Å². The van der Waals surface area contributed by atoms with Gasteiger partial charge < -0.3 is 4.74 Å². The van der Waals surface area contributed by atoms with E-state index < -0.39 is 6.23 Å². The largest absolute Gasteiger partial charge is 0.447 e. The average molecular weight is 463 g/mol. The molecule has 1 atom stereocenters. The van der Waals surface area contributed by atoms with E-state index in [4.69, 9.17) is 9.72 Å². The minimum atomic E-state index is -0.651. The number of benzene rings is 2. The zero-order valence-corrected chi connectivity index (χ0v) is 20.6. The van der Waals surface area contributed by atoms with Gasteiger partial charge in [-0.1, -0.05) is 62.9 Å². The molecule has 1 aromatic heterocycles. The van der Waals surface area contributed by atoms with Crippen LogP contribution in [-0.2, 0) is 11.2 Å². The average Bonchev–Trinajstić information content (AvgIpc) is 2.92. The molecule has 1 amide bonds. The lowest BCUT2D eigenvalue weighted by molar-refractivity contribution is -0.118. The van der Waals surface area contributed by atoms with Gasteiger partial charge in [-0.15, -0.1) is 10.2 Å². The molecule has 2 heterocycles. The van der Waals surface area contributed by atoms with Crippen molar-refractivity contribution >= 4 is 23.4 Å². The number of anilines is 1. The lowest BCUT2D eigenvalue weighted by Gasteiger charge is -2.30. The number of rotatable bonds is 6. The number of hydrogen-bond acceptors (Lipinski definition) is 6. The van der Waals surface area contributed by atoms with Crippen molar-refractivity contribution in [3.8, 4) is 17.1 Å². The number of thioether (sulfide) groups is 1. The molecule has 7 heteroatoms. The van der Waals surface area contributed by atoms with E-state index in [0.29, 0.717) is 22.6 Å². The Kier molecular flexibility index (Phi) is 6.98. The van der Waals surface area contributed by atoms with Crippen molar-refractivity contribution in [2.24, 2.45) is 5.92 Å². The predicted octanol–water partition coefficient (Wildman–Crippen LogP) is 5.99. The molecule has 0 aliphatic carbocycles. The summed E-state index contributed by atoms with van der Waals surface area (Å²) < 4.78 is 6.50. The Morgan fingerprint density at radius 3 is 2.67 bits per heavy atom. The smallest absolute Gasteiger partial charge is 0.247 e. The molecule has 0 unspecified atom stereocenters. The number of fused-ring (bicyclic) bond motifs is 3. The fraction of sp³-hybridized carbons (Fsp3) is 0.385. The van der Waals surface area contributed by atoms with Crippen LogP contribution in [0.2, 0.25) is 0 Å². The highest BCUT2D eigenvalue weighted by atomic mass is 32.2. The van der Waals surface area contributed by atoms with Gasteiger partial charge in [0.05, 0.1) is 5.69 Å². The minimum absolute atomic E-state index is 0.110. The van der Waals surface area contributed by atoms with Gasteiger partial charge in [-0.3, -0.25) is 9.69 Å². The van der Waals surface area contributed by atoms with Gasteiger partial charge in [-0.05, 0) is 48.9 Å². The molecule has 1 aliphatic heterocycles. The fourth-order valence-electron chi connectivity index (χ4n) is 3.88. The van der Waals surface area contributed by atoms with Crippen LogP contribution in [0.15, 0.2) is 47.6 Å². The molecule has 0 saturated heterocycles. The topological polar surface area (TPSA) is 68.2 Å². The molecule has 0 spiro atoms. The summed E-state index contributed by atoms with van der Waals surface area (Å²) >= 11 is 1.58. The molecule has 0 bridgehead atoms. The van der Waals surface area contributed by atoms with Gasteiger partial charge in [0, 0.05) is 23.8 Å². The summed E-state index contributed by atoms with van der Waals surface area (Å²) in [4.78, 5) is 19.4. The number of aryl methyl sites for hydroxylation is 2. The number of amides is 1. The maximum absolute atomic E-state index is 13.0. The van der Waals surface area contributed by atoms with Crippen molar-refractivity contribution in [2.75, 3.05) is 10.7 Å². The van der Waals surface area contributed by atoms with E-state index in [2.05, 4.69) is 37.0 Å². The molecule has 4 rings (SSSR count). The highest BCUT2D eigenvalue weighted by Crippen LogP contribution is 2.44. The van der Waals surface area contributed by atoms with Gasteiger partial charge in [0.15, 0.2) is 5.69 Å². The van der Waals surface area contributed by atoms with E-state index in [0.717, 1.165) is 46.5 Å². The number of nitrogens with zero attached hydrogens (tertiary/aromatic N) is 4. The number of hydrogen-bond donors (Lipinski definition) is 0. The molecular weight excluding hydrogens is 432 g/mol. The van der Waals surface area contributed by atoms with Crippen LogP contribution < -0.4 is 9.64 Å². The molecule has 0 N–H and O–H groups in total. The summed E-state index contributed by atoms with van der Waals surface area (Å²) in [6.45, 7) is 10.1. The Morgan fingerprint density at radius 2 is 1.97 bits per heavy atom. The molecule has 0 saturated carbocycles. The SMILES string of the molecule is CCc1ccc2c(c1)-c1nnc(SCCC(C)C)nc1O[C@@H](c1ccccc1C)N2C(C)=O. The summed E-state index contributed by atoms with van der Waals surface area (Å²) in [6.07, 6.45) is 1.29. The van der Waals surface area contributed by atoms with Crippen molar-refractivity contribution in [1.29, 1.82) is 0 Å². The Labute approximate surface area is 199 Å². The van der Waals surface area contributed by atoms with E-state index in [1.807, 2.05) is 43.3 Å². The maximum atomic E-state index is 13.0. The van der Waals surface area contributed by atoms with E-state index in [1.54, 1.807) is 23.6 Å². The lowest BCUT2D eigenvalue weighted by atomic mass is 10.0. The van der Waals surface area contributed by atoms with Crippen LogP contribution >= 0.6 is 11.8 Å². The van der Waals surface area contributed by atoms with Gasteiger partial charge in [-0.2, -0.15) is 4.98 Å². The van der Waals surface area contributed by atoms with E-state index in [1.165, 1.54) is 0 Å². The van der Waals surface area contributed by atoms with E-state index >= 15 is 0 Å². The third-order valence-electron chi connectivity index (χ3n) is 5.80. The first-order chi connectivity index (χ1) is 15.9. The maximum Gasteiger partial charge on any atom is 0.247 e. The normalized spacial score (nSPS) is 15.0. The molecule has 3 aromatic rings. The standard InChI is InChI=1S/C26H30N4O2S/c1-6-19-11-12-22-21(15-19)23-24(27-26(29-28-23)33-14-13-16(2)3)32-25(30(22)18(5)31)20-10-8-7-9-17(20)4/h7-12,15-16,25H,6,13-14H2,1-5H3/t25-/m0/s1. The summed E-state index contributed by atoms with van der Waals surface area (Å²) in [7, 11) is 0. The molecule has 0 fully saturated rings. The monoisotopic (exact) mass is 462 g/mol. The highest BCUT2D eigenvalue weighted by Gasteiger charge is 2.35. The van der Waals surface area contributed by atoms with Crippen LogP contribution in [0, 0.1) is 12.8 Å². The molecule has 6 nitrogen and oxygen atoms in total. The number of ether oxygens (including phenoxy) is 1. The highest BCUT2D eigenvalue weighted by molar-refractivity contribution is 7.99. The van der Waals surface area contributed by atoms with E-state index in [-0.39, 0.29) is 5.91 Å². The lowest BCUT2D eigenvalue weighted by Crippen LogP contribution is -2.36. The summed E-state index contributed by atoms with van der Waals surface area (Å²) in [5.74, 6) is 1.82. The van der Waals surface area contributed by atoms with Crippen LogP contribution in [0.3, 0.4) is 0 Å². The zero-order valence-electron chi connectivity index (χ0n) is 19.8.